The van der Waals surface area contributed by atoms with Crippen molar-refractivity contribution in [1.82, 2.24) is 10.2 Å². The fraction of sp³-hybridized carbons (Fsp3) is 0.529. The zero-order valence-corrected chi connectivity index (χ0v) is 13.1. The third kappa shape index (κ3) is 3.84. The lowest BCUT2D eigenvalue weighted by atomic mass is 10.1. The predicted molar refractivity (Wildman–Crippen MR) is 82.6 cm³/mol. The number of amides is 2. The molecule has 1 aromatic rings. The molecule has 0 saturated carbocycles. The number of hydrogen-bond acceptors (Lipinski definition) is 2. The average Bonchev–Trinajstić information content (AvgIpc) is 2.87. The number of hydrogen-bond donors (Lipinski definition) is 1. The molecule has 0 spiro atoms. The molecule has 1 aromatic carbocycles. The van der Waals surface area contributed by atoms with Gasteiger partial charge in [0, 0.05) is 25.6 Å². The van der Waals surface area contributed by atoms with Gasteiger partial charge in [-0.25, -0.2) is 0 Å². The maximum absolute atomic E-state index is 12.2. The van der Waals surface area contributed by atoms with Crippen molar-refractivity contribution in [2.45, 2.75) is 46.2 Å². The summed E-state index contributed by atoms with van der Waals surface area (Å²) < 4.78 is 0. The van der Waals surface area contributed by atoms with E-state index < -0.39 is 0 Å². The Balaban J connectivity index is 1.87. The molecular formula is C17H24N2O2. The van der Waals surface area contributed by atoms with Crippen molar-refractivity contribution in [3.8, 4) is 0 Å². The first-order valence-corrected chi connectivity index (χ1v) is 7.64. The van der Waals surface area contributed by atoms with Gasteiger partial charge in [0.05, 0.1) is 5.92 Å². The summed E-state index contributed by atoms with van der Waals surface area (Å²) in [5.41, 5.74) is 2.28. The molecule has 1 saturated heterocycles. The summed E-state index contributed by atoms with van der Waals surface area (Å²) in [6.07, 6.45) is 1.26. The van der Waals surface area contributed by atoms with Crippen LogP contribution in [0.2, 0.25) is 0 Å². The van der Waals surface area contributed by atoms with E-state index in [-0.39, 0.29) is 23.8 Å². The second kappa shape index (κ2) is 6.74. The number of benzene rings is 1. The van der Waals surface area contributed by atoms with E-state index in [1.165, 1.54) is 5.56 Å². The van der Waals surface area contributed by atoms with Gasteiger partial charge in [-0.3, -0.25) is 9.59 Å². The Bertz CT molecular complexity index is 510. The molecule has 1 heterocycles. The molecule has 0 bridgehead atoms. The molecule has 2 rings (SSSR count). The van der Waals surface area contributed by atoms with E-state index in [1.807, 2.05) is 43.0 Å². The summed E-state index contributed by atoms with van der Waals surface area (Å²) in [6, 6.07) is 8.31. The summed E-state index contributed by atoms with van der Waals surface area (Å²) >= 11 is 0. The molecule has 114 valence electrons. The molecule has 2 atom stereocenters. The average molecular weight is 288 g/mol. The van der Waals surface area contributed by atoms with E-state index in [1.54, 1.807) is 0 Å². The van der Waals surface area contributed by atoms with Crippen LogP contribution in [0.5, 0.6) is 0 Å². The van der Waals surface area contributed by atoms with Gasteiger partial charge in [-0.05, 0) is 25.8 Å². The van der Waals surface area contributed by atoms with Crippen molar-refractivity contribution in [3.63, 3.8) is 0 Å². The zero-order valence-electron chi connectivity index (χ0n) is 13.1. The number of nitrogens with zero attached hydrogens (tertiary/aromatic N) is 1. The van der Waals surface area contributed by atoms with Crippen molar-refractivity contribution in [2.75, 3.05) is 6.54 Å². The largest absolute Gasteiger partial charge is 0.352 e. The van der Waals surface area contributed by atoms with E-state index in [0.29, 0.717) is 19.5 Å². The van der Waals surface area contributed by atoms with Gasteiger partial charge in [-0.2, -0.15) is 0 Å². The third-order valence-corrected chi connectivity index (χ3v) is 4.24. The Morgan fingerprint density at radius 2 is 2.05 bits per heavy atom. The van der Waals surface area contributed by atoms with Crippen LogP contribution in [-0.2, 0) is 16.1 Å². The fourth-order valence-corrected chi connectivity index (χ4v) is 2.59. The third-order valence-electron chi connectivity index (χ3n) is 4.24. The van der Waals surface area contributed by atoms with Gasteiger partial charge in [-0.1, -0.05) is 36.8 Å². The van der Waals surface area contributed by atoms with Crippen LogP contribution in [0.4, 0.5) is 0 Å². The minimum absolute atomic E-state index is 0.0188. The van der Waals surface area contributed by atoms with Crippen molar-refractivity contribution < 1.29 is 9.59 Å². The second-order valence-electron chi connectivity index (χ2n) is 5.91. The minimum Gasteiger partial charge on any atom is -0.352 e. The standard InChI is InChI=1S/C17H24N2O2/c1-4-13(3)19-11-15(9-16(19)20)17(21)18-10-14-7-5-12(2)6-8-14/h5-8,13,15H,4,9-11H2,1-3H3,(H,18,21). The van der Waals surface area contributed by atoms with Gasteiger partial charge in [0.15, 0.2) is 0 Å². The topological polar surface area (TPSA) is 49.4 Å². The molecule has 1 aliphatic rings. The molecule has 1 N–H and O–H groups in total. The fourth-order valence-electron chi connectivity index (χ4n) is 2.59. The van der Waals surface area contributed by atoms with Crippen LogP contribution < -0.4 is 5.32 Å². The van der Waals surface area contributed by atoms with Crippen LogP contribution in [0, 0.1) is 12.8 Å². The number of rotatable bonds is 5. The van der Waals surface area contributed by atoms with Crippen molar-refractivity contribution >= 4 is 11.8 Å². The molecule has 1 fully saturated rings. The molecule has 1 aliphatic heterocycles. The Kier molecular flexibility index (Phi) is 4.99. The van der Waals surface area contributed by atoms with E-state index in [0.717, 1.165) is 12.0 Å². The summed E-state index contributed by atoms with van der Waals surface area (Å²) in [7, 11) is 0. The zero-order chi connectivity index (χ0) is 15.4. The molecule has 0 radical (unpaired) electrons. The van der Waals surface area contributed by atoms with E-state index >= 15 is 0 Å². The van der Waals surface area contributed by atoms with Crippen LogP contribution in [-0.4, -0.2) is 29.3 Å². The quantitative estimate of drug-likeness (QED) is 0.903. The molecular weight excluding hydrogens is 264 g/mol. The molecule has 0 aromatic heterocycles. The molecule has 2 amide bonds. The van der Waals surface area contributed by atoms with Crippen LogP contribution in [0.15, 0.2) is 24.3 Å². The number of carbonyl (C=O) groups excluding carboxylic acids is 2. The van der Waals surface area contributed by atoms with Crippen molar-refractivity contribution in [3.05, 3.63) is 35.4 Å². The van der Waals surface area contributed by atoms with Gasteiger partial charge in [-0.15, -0.1) is 0 Å². The van der Waals surface area contributed by atoms with Crippen LogP contribution in [0.3, 0.4) is 0 Å². The molecule has 0 aliphatic carbocycles. The van der Waals surface area contributed by atoms with Crippen LogP contribution in [0.1, 0.15) is 37.8 Å². The first kappa shape index (κ1) is 15.5. The lowest BCUT2D eigenvalue weighted by Gasteiger charge is -2.23. The summed E-state index contributed by atoms with van der Waals surface area (Å²) in [4.78, 5) is 26.0. The number of aryl methyl sites for hydroxylation is 1. The number of carbonyl (C=O) groups is 2. The van der Waals surface area contributed by atoms with Gasteiger partial charge < -0.3 is 10.2 Å². The summed E-state index contributed by atoms with van der Waals surface area (Å²) in [5, 5.41) is 2.94. The second-order valence-corrected chi connectivity index (χ2v) is 5.91. The molecule has 21 heavy (non-hydrogen) atoms. The normalized spacial score (nSPS) is 19.7. The maximum Gasteiger partial charge on any atom is 0.225 e. The van der Waals surface area contributed by atoms with E-state index in [2.05, 4.69) is 12.2 Å². The smallest absolute Gasteiger partial charge is 0.225 e. The highest BCUT2D eigenvalue weighted by atomic mass is 16.2. The summed E-state index contributed by atoms with van der Waals surface area (Å²) in [6.45, 7) is 7.20. The lowest BCUT2D eigenvalue weighted by molar-refractivity contribution is -0.130. The van der Waals surface area contributed by atoms with Crippen LogP contribution in [0.25, 0.3) is 0 Å². The Morgan fingerprint density at radius 1 is 1.38 bits per heavy atom. The highest BCUT2D eigenvalue weighted by Gasteiger charge is 2.35. The minimum atomic E-state index is -0.211. The van der Waals surface area contributed by atoms with Gasteiger partial charge in [0.1, 0.15) is 0 Å². The molecule has 4 nitrogen and oxygen atoms in total. The first-order valence-electron chi connectivity index (χ1n) is 7.64. The Morgan fingerprint density at radius 3 is 2.67 bits per heavy atom. The molecule has 4 heteroatoms. The highest BCUT2D eigenvalue weighted by Crippen LogP contribution is 2.21. The predicted octanol–water partition coefficient (Wildman–Crippen LogP) is 2.26. The van der Waals surface area contributed by atoms with Crippen molar-refractivity contribution in [2.24, 2.45) is 5.92 Å². The SMILES string of the molecule is CCC(C)N1CC(C(=O)NCc2ccc(C)cc2)CC1=O. The lowest BCUT2D eigenvalue weighted by Crippen LogP contribution is -2.36. The maximum atomic E-state index is 12.2. The summed E-state index contributed by atoms with van der Waals surface area (Å²) in [5.74, 6) is -0.133. The van der Waals surface area contributed by atoms with Crippen molar-refractivity contribution in [1.29, 1.82) is 0 Å². The van der Waals surface area contributed by atoms with E-state index in [4.69, 9.17) is 0 Å². The number of nitrogens with one attached hydrogen (secondary N) is 1. The molecule has 2 unspecified atom stereocenters. The van der Waals surface area contributed by atoms with Crippen LogP contribution >= 0.6 is 0 Å². The Labute approximate surface area is 126 Å². The Hall–Kier alpha value is -1.84. The number of likely N-dealkylation sites (tertiary alicyclic amines) is 1. The van der Waals surface area contributed by atoms with Gasteiger partial charge in [0.25, 0.3) is 0 Å². The first-order chi connectivity index (χ1) is 10.0. The monoisotopic (exact) mass is 288 g/mol. The van der Waals surface area contributed by atoms with Gasteiger partial charge in [0.2, 0.25) is 11.8 Å². The highest BCUT2D eigenvalue weighted by molar-refractivity contribution is 5.89. The van der Waals surface area contributed by atoms with Gasteiger partial charge >= 0.3 is 0 Å². The van der Waals surface area contributed by atoms with E-state index in [9.17, 15) is 9.59 Å².